The summed E-state index contributed by atoms with van der Waals surface area (Å²) in [4.78, 5) is 1.90. The minimum Gasteiger partial charge on any atom is -0.367 e. The lowest BCUT2D eigenvalue weighted by Gasteiger charge is -2.12. The van der Waals surface area contributed by atoms with Gasteiger partial charge in [0.05, 0.1) is 5.84 Å². The molecule has 2 heteroatoms. The maximum absolute atomic E-state index is 7.62. The SMILES string of the molecule is CCCCCCCCCC(=N)N(C)C. The first-order chi connectivity index (χ1) is 6.68. The molecule has 0 saturated heterocycles. The average Bonchev–Trinajstić information content (AvgIpc) is 2.16. The number of nitrogens with zero attached hydrogens (tertiary/aromatic N) is 1. The van der Waals surface area contributed by atoms with Crippen molar-refractivity contribution in [3.05, 3.63) is 0 Å². The fourth-order valence-corrected chi connectivity index (χ4v) is 1.47. The van der Waals surface area contributed by atoms with Crippen LogP contribution >= 0.6 is 0 Å². The molecule has 0 saturated carbocycles. The van der Waals surface area contributed by atoms with Crippen LogP contribution in [-0.2, 0) is 0 Å². The zero-order valence-corrected chi connectivity index (χ0v) is 10.1. The second-order valence-electron chi connectivity index (χ2n) is 4.21. The van der Waals surface area contributed by atoms with Crippen LogP contribution in [-0.4, -0.2) is 24.8 Å². The summed E-state index contributed by atoms with van der Waals surface area (Å²) in [6.07, 6.45) is 10.2. The van der Waals surface area contributed by atoms with Gasteiger partial charge < -0.3 is 4.90 Å². The topological polar surface area (TPSA) is 27.1 Å². The summed E-state index contributed by atoms with van der Waals surface area (Å²) in [6, 6.07) is 0. The van der Waals surface area contributed by atoms with Gasteiger partial charge in [-0.05, 0) is 6.42 Å². The summed E-state index contributed by atoms with van der Waals surface area (Å²) >= 11 is 0. The van der Waals surface area contributed by atoms with E-state index in [1.165, 1.54) is 44.9 Å². The fourth-order valence-electron chi connectivity index (χ4n) is 1.47. The number of amidine groups is 1. The Balaban J connectivity index is 3.10. The molecule has 0 atom stereocenters. The number of nitrogens with one attached hydrogen (secondary N) is 1. The van der Waals surface area contributed by atoms with Gasteiger partial charge in [-0.1, -0.05) is 45.4 Å². The van der Waals surface area contributed by atoms with Crippen LogP contribution in [0.3, 0.4) is 0 Å². The first-order valence-electron chi connectivity index (χ1n) is 5.93. The highest BCUT2D eigenvalue weighted by molar-refractivity contribution is 5.78. The maximum Gasteiger partial charge on any atom is 0.0952 e. The molecular weight excluding hydrogens is 172 g/mol. The Kier molecular flexibility index (Phi) is 8.70. The van der Waals surface area contributed by atoms with E-state index in [4.69, 9.17) is 5.41 Å². The Bertz CT molecular complexity index is 141. The molecule has 0 unspecified atom stereocenters. The number of hydrogen-bond donors (Lipinski definition) is 1. The third-order valence-electron chi connectivity index (χ3n) is 2.56. The highest BCUT2D eigenvalue weighted by atomic mass is 15.1. The van der Waals surface area contributed by atoms with Crippen molar-refractivity contribution >= 4 is 5.84 Å². The van der Waals surface area contributed by atoms with E-state index in [1.807, 2.05) is 19.0 Å². The Morgan fingerprint density at radius 1 is 0.929 bits per heavy atom. The molecule has 2 nitrogen and oxygen atoms in total. The number of hydrogen-bond acceptors (Lipinski definition) is 1. The fraction of sp³-hybridized carbons (Fsp3) is 0.917. The minimum absolute atomic E-state index is 0.763. The van der Waals surface area contributed by atoms with Gasteiger partial charge in [-0.25, -0.2) is 0 Å². The van der Waals surface area contributed by atoms with E-state index in [9.17, 15) is 0 Å². The lowest BCUT2D eigenvalue weighted by Crippen LogP contribution is -2.20. The molecule has 0 aromatic carbocycles. The van der Waals surface area contributed by atoms with Crippen LogP contribution in [0.2, 0.25) is 0 Å². The molecule has 0 fully saturated rings. The van der Waals surface area contributed by atoms with Crippen LogP contribution in [0.1, 0.15) is 58.3 Å². The predicted octanol–water partition coefficient (Wildman–Crippen LogP) is 3.67. The smallest absolute Gasteiger partial charge is 0.0952 e. The number of unbranched alkanes of at least 4 members (excludes halogenated alkanes) is 6. The van der Waals surface area contributed by atoms with Crippen molar-refractivity contribution in [3.8, 4) is 0 Å². The van der Waals surface area contributed by atoms with E-state index in [0.717, 1.165) is 12.3 Å². The summed E-state index contributed by atoms with van der Waals surface area (Å²) in [7, 11) is 3.90. The molecule has 1 N–H and O–H groups in total. The van der Waals surface area contributed by atoms with Gasteiger partial charge in [0.15, 0.2) is 0 Å². The van der Waals surface area contributed by atoms with Crippen LogP contribution in [0.5, 0.6) is 0 Å². The first-order valence-corrected chi connectivity index (χ1v) is 5.93. The van der Waals surface area contributed by atoms with Crippen LogP contribution in [0, 0.1) is 5.41 Å². The summed E-state index contributed by atoms with van der Waals surface area (Å²) < 4.78 is 0. The van der Waals surface area contributed by atoms with Crippen molar-refractivity contribution in [2.75, 3.05) is 14.1 Å². The molecule has 0 amide bonds. The van der Waals surface area contributed by atoms with Crippen molar-refractivity contribution in [2.45, 2.75) is 58.3 Å². The van der Waals surface area contributed by atoms with Gasteiger partial charge in [0, 0.05) is 20.5 Å². The highest BCUT2D eigenvalue weighted by Crippen LogP contribution is 2.08. The van der Waals surface area contributed by atoms with E-state index in [2.05, 4.69) is 6.92 Å². The molecule has 0 spiro atoms. The molecule has 0 heterocycles. The third kappa shape index (κ3) is 8.09. The van der Waals surface area contributed by atoms with Crippen LogP contribution in [0.25, 0.3) is 0 Å². The van der Waals surface area contributed by atoms with Gasteiger partial charge in [0.2, 0.25) is 0 Å². The van der Waals surface area contributed by atoms with E-state index in [1.54, 1.807) is 0 Å². The van der Waals surface area contributed by atoms with Crippen molar-refractivity contribution in [1.82, 2.24) is 4.90 Å². The van der Waals surface area contributed by atoms with E-state index in [0.29, 0.717) is 0 Å². The van der Waals surface area contributed by atoms with E-state index in [-0.39, 0.29) is 0 Å². The van der Waals surface area contributed by atoms with Crippen LogP contribution < -0.4 is 0 Å². The van der Waals surface area contributed by atoms with Gasteiger partial charge in [-0.15, -0.1) is 0 Å². The monoisotopic (exact) mass is 198 g/mol. The largest absolute Gasteiger partial charge is 0.367 e. The molecule has 14 heavy (non-hydrogen) atoms. The first kappa shape index (κ1) is 13.5. The van der Waals surface area contributed by atoms with Crippen molar-refractivity contribution < 1.29 is 0 Å². The molecule has 84 valence electrons. The van der Waals surface area contributed by atoms with Crippen LogP contribution in [0.15, 0.2) is 0 Å². The lowest BCUT2D eigenvalue weighted by atomic mass is 10.1. The van der Waals surface area contributed by atoms with Crippen molar-refractivity contribution in [3.63, 3.8) is 0 Å². The summed E-state index contributed by atoms with van der Waals surface area (Å²) in [6.45, 7) is 2.25. The number of rotatable bonds is 8. The van der Waals surface area contributed by atoms with Gasteiger partial charge in [-0.2, -0.15) is 0 Å². The van der Waals surface area contributed by atoms with Crippen molar-refractivity contribution in [2.24, 2.45) is 0 Å². The third-order valence-corrected chi connectivity index (χ3v) is 2.56. The summed E-state index contributed by atoms with van der Waals surface area (Å²) in [5.74, 6) is 0.763. The normalized spacial score (nSPS) is 10.2. The highest BCUT2D eigenvalue weighted by Gasteiger charge is 1.98. The van der Waals surface area contributed by atoms with Gasteiger partial charge in [0.1, 0.15) is 0 Å². The lowest BCUT2D eigenvalue weighted by molar-refractivity contribution is 0.564. The molecule has 0 aliphatic carbocycles. The maximum atomic E-state index is 7.62. The van der Waals surface area contributed by atoms with E-state index < -0.39 is 0 Å². The molecule has 0 aliphatic heterocycles. The Morgan fingerprint density at radius 2 is 1.43 bits per heavy atom. The Hall–Kier alpha value is -0.530. The van der Waals surface area contributed by atoms with Gasteiger partial charge in [-0.3, -0.25) is 5.41 Å². The molecule has 0 aliphatic rings. The zero-order valence-electron chi connectivity index (χ0n) is 10.1. The molecule has 0 bridgehead atoms. The Morgan fingerprint density at radius 3 is 1.93 bits per heavy atom. The zero-order chi connectivity index (χ0) is 10.8. The molecule has 0 rings (SSSR count). The average molecular weight is 198 g/mol. The predicted molar refractivity (Wildman–Crippen MR) is 64.0 cm³/mol. The second kappa shape index (κ2) is 9.04. The molecule has 0 aromatic heterocycles. The van der Waals surface area contributed by atoms with Crippen molar-refractivity contribution in [1.29, 1.82) is 5.41 Å². The second-order valence-corrected chi connectivity index (χ2v) is 4.21. The standard InChI is InChI=1S/C12H26N2/c1-4-5-6-7-8-9-10-11-12(13)14(2)3/h13H,4-11H2,1-3H3. The quantitative estimate of drug-likeness (QED) is 0.359. The summed E-state index contributed by atoms with van der Waals surface area (Å²) in [5.41, 5.74) is 0. The molecule has 0 radical (unpaired) electrons. The van der Waals surface area contributed by atoms with Gasteiger partial charge in [0.25, 0.3) is 0 Å². The minimum atomic E-state index is 0.763. The van der Waals surface area contributed by atoms with Gasteiger partial charge >= 0.3 is 0 Å². The van der Waals surface area contributed by atoms with Crippen LogP contribution in [0.4, 0.5) is 0 Å². The summed E-state index contributed by atoms with van der Waals surface area (Å²) in [5, 5.41) is 7.62. The van der Waals surface area contributed by atoms with E-state index >= 15 is 0 Å². The Labute approximate surface area is 89.2 Å². The molecular formula is C12H26N2. The molecule has 0 aromatic rings.